The SMILES string of the molecule is CCCCCCCCCCOc1ccc(CC(=O)NCc2ccc[n+](CC)c2)cc1Cl.[I-]. The van der Waals surface area contributed by atoms with Crippen LogP contribution in [0.15, 0.2) is 42.7 Å². The fourth-order valence-electron chi connectivity index (χ4n) is 3.52. The van der Waals surface area contributed by atoms with E-state index in [1.807, 2.05) is 36.5 Å². The van der Waals surface area contributed by atoms with Gasteiger partial charge in [0.1, 0.15) is 12.3 Å². The molecule has 1 heterocycles. The Kier molecular flexibility index (Phi) is 15.4. The number of halogens is 2. The summed E-state index contributed by atoms with van der Waals surface area (Å²) in [4.78, 5) is 12.3. The quantitative estimate of drug-likeness (QED) is 0.203. The van der Waals surface area contributed by atoms with Crippen molar-refractivity contribution in [3.63, 3.8) is 0 Å². The van der Waals surface area contributed by atoms with Gasteiger partial charge in [-0.25, -0.2) is 4.57 Å². The molecule has 6 heteroatoms. The molecule has 0 aliphatic rings. The Morgan fingerprint density at radius 2 is 1.72 bits per heavy atom. The minimum absolute atomic E-state index is 0. The van der Waals surface area contributed by atoms with Crippen LogP contribution in [0.1, 0.15) is 76.3 Å². The monoisotopic (exact) mass is 572 g/mol. The number of rotatable bonds is 15. The van der Waals surface area contributed by atoms with E-state index in [4.69, 9.17) is 16.3 Å². The number of carbonyl (C=O) groups excluding carboxylic acids is 1. The van der Waals surface area contributed by atoms with Crippen LogP contribution in [0, 0.1) is 0 Å². The Labute approximate surface area is 216 Å². The van der Waals surface area contributed by atoms with Crippen molar-refractivity contribution in [3.05, 3.63) is 58.9 Å². The summed E-state index contributed by atoms with van der Waals surface area (Å²) in [5.41, 5.74) is 1.97. The van der Waals surface area contributed by atoms with Gasteiger partial charge in [0.2, 0.25) is 5.91 Å². The van der Waals surface area contributed by atoms with Crippen LogP contribution in [0.2, 0.25) is 5.02 Å². The highest BCUT2D eigenvalue weighted by atomic mass is 127. The molecule has 1 amide bonds. The molecule has 0 radical (unpaired) electrons. The molecule has 32 heavy (non-hydrogen) atoms. The number of hydrogen-bond acceptors (Lipinski definition) is 2. The second-order valence-electron chi connectivity index (χ2n) is 8.08. The topological polar surface area (TPSA) is 42.2 Å². The summed E-state index contributed by atoms with van der Waals surface area (Å²) in [5, 5.41) is 3.54. The lowest BCUT2D eigenvalue weighted by Crippen LogP contribution is -3.00. The molecule has 0 fully saturated rings. The van der Waals surface area contributed by atoms with Gasteiger partial charge in [0, 0.05) is 18.2 Å². The lowest BCUT2D eigenvalue weighted by molar-refractivity contribution is -0.694. The van der Waals surface area contributed by atoms with Crippen molar-refractivity contribution in [2.24, 2.45) is 0 Å². The zero-order valence-electron chi connectivity index (χ0n) is 19.5. The molecule has 0 bridgehead atoms. The van der Waals surface area contributed by atoms with Crippen molar-refractivity contribution >= 4 is 17.5 Å². The molecule has 0 atom stereocenters. The minimum atomic E-state index is -0.0180. The average molecular weight is 573 g/mol. The number of pyridine rings is 1. The molecule has 4 nitrogen and oxygen atoms in total. The first-order valence-electron chi connectivity index (χ1n) is 11.8. The van der Waals surface area contributed by atoms with E-state index < -0.39 is 0 Å². The summed E-state index contributed by atoms with van der Waals surface area (Å²) < 4.78 is 7.93. The van der Waals surface area contributed by atoms with Gasteiger partial charge in [-0.05, 0) is 37.1 Å². The third-order valence-corrected chi connectivity index (χ3v) is 5.69. The normalized spacial score (nSPS) is 10.5. The lowest BCUT2D eigenvalue weighted by atomic mass is 10.1. The molecule has 1 aromatic heterocycles. The average Bonchev–Trinajstić information content (AvgIpc) is 2.78. The molecule has 0 aliphatic heterocycles. The van der Waals surface area contributed by atoms with Gasteiger partial charge in [-0.1, -0.05) is 69.5 Å². The molecular formula is C26H38ClIN2O2. The lowest BCUT2D eigenvalue weighted by Gasteiger charge is -2.10. The van der Waals surface area contributed by atoms with Gasteiger partial charge < -0.3 is 34.0 Å². The van der Waals surface area contributed by atoms with Crippen LogP contribution < -0.4 is 38.6 Å². The Morgan fingerprint density at radius 1 is 1.00 bits per heavy atom. The number of benzene rings is 1. The Bertz CT molecular complexity index is 801. The molecule has 0 aliphatic carbocycles. The van der Waals surface area contributed by atoms with Gasteiger partial charge in [0.15, 0.2) is 12.4 Å². The molecule has 178 valence electrons. The van der Waals surface area contributed by atoms with Gasteiger partial charge in [-0.15, -0.1) is 0 Å². The Hall–Kier alpha value is -1.34. The summed E-state index contributed by atoms with van der Waals surface area (Å²) in [5.74, 6) is 0.678. The number of nitrogens with one attached hydrogen (secondary N) is 1. The number of nitrogens with zero attached hydrogens (tertiary/aromatic N) is 1. The predicted octanol–water partition coefficient (Wildman–Crippen LogP) is 3.03. The number of ether oxygens (including phenoxy) is 1. The number of carbonyl (C=O) groups is 1. The van der Waals surface area contributed by atoms with E-state index in [0.717, 1.165) is 24.1 Å². The highest BCUT2D eigenvalue weighted by molar-refractivity contribution is 6.32. The molecule has 1 aromatic carbocycles. The van der Waals surface area contributed by atoms with Crippen LogP contribution in [-0.2, 0) is 24.3 Å². The standard InChI is InChI=1S/C26H37ClN2O2.HI/c1-3-5-6-7-8-9-10-11-17-31-25-15-14-22(18-24(25)27)19-26(30)28-20-23-13-12-16-29(4-2)21-23;/h12-16,18,21H,3-11,17,19-20H2,1-2H3;1H. The van der Waals surface area contributed by atoms with E-state index >= 15 is 0 Å². The first-order chi connectivity index (χ1) is 15.1. The summed E-state index contributed by atoms with van der Waals surface area (Å²) in [6, 6.07) is 9.63. The number of amides is 1. The third-order valence-electron chi connectivity index (χ3n) is 5.39. The van der Waals surface area contributed by atoms with Crippen molar-refractivity contribution in [2.75, 3.05) is 6.61 Å². The van der Waals surface area contributed by atoms with Crippen molar-refractivity contribution in [1.82, 2.24) is 5.32 Å². The van der Waals surface area contributed by atoms with Gasteiger partial charge in [0.05, 0.1) is 18.1 Å². The summed E-state index contributed by atoms with van der Waals surface area (Å²) >= 11 is 6.37. The van der Waals surface area contributed by atoms with Crippen LogP contribution in [0.5, 0.6) is 5.75 Å². The van der Waals surface area contributed by atoms with E-state index in [0.29, 0.717) is 30.3 Å². The first-order valence-corrected chi connectivity index (χ1v) is 12.2. The molecule has 0 saturated heterocycles. The van der Waals surface area contributed by atoms with Crippen LogP contribution in [0.4, 0.5) is 0 Å². The largest absolute Gasteiger partial charge is 1.00 e. The molecule has 0 unspecified atom stereocenters. The van der Waals surface area contributed by atoms with Gasteiger partial charge in [-0.3, -0.25) is 4.79 Å². The van der Waals surface area contributed by atoms with E-state index in [-0.39, 0.29) is 29.9 Å². The molecule has 0 saturated carbocycles. The molecule has 1 N–H and O–H groups in total. The fraction of sp³-hybridized carbons (Fsp3) is 0.538. The van der Waals surface area contributed by atoms with Gasteiger partial charge in [-0.2, -0.15) is 0 Å². The predicted molar refractivity (Wildman–Crippen MR) is 127 cm³/mol. The number of aromatic nitrogens is 1. The van der Waals surface area contributed by atoms with Gasteiger partial charge in [0.25, 0.3) is 0 Å². The van der Waals surface area contributed by atoms with Crippen molar-refractivity contribution in [1.29, 1.82) is 0 Å². The minimum Gasteiger partial charge on any atom is -1.00 e. The molecule has 2 aromatic rings. The van der Waals surface area contributed by atoms with Crippen molar-refractivity contribution in [3.8, 4) is 5.75 Å². The second-order valence-corrected chi connectivity index (χ2v) is 8.49. The first kappa shape index (κ1) is 28.7. The van der Waals surface area contributed by atoms with Crippen LogP contribution in [0.25, 0.3) is 0 Å². The smallest absolute Gasteiger partial charge is 0.224 e. The van der Waals surface area contributed by atoms with Gasteiger partial charge >= 0.3 is 0 Å². The third kappa shape index (κ3) is 11.5. The number of aryl methyl sites for hydroxylation is 1. The highest BCUT2D eigenvalue weighted by Gasteiger charge is 2.08. The maximum Gasteiger partial charge on any atom is 0.224 e. The zero-order valence-corrected chi connectivity index (χ0v) is 22.5. The Balaban J connectivity index is 0.00000512. The zero-order chi connectivity index (χ0) is 22.3. The molecular weight excluding hydrogens is 535 g/mol. The van der Waals surface area contributed by atoms with E-state index in [1.165, 1.54) is 44.9 Å². The van der Waals surface area contributed by atoms with E-state index in [2.05, 4.69) is 29.9 Å². The van der Waals surface area contributed by atoms with Crippen molar-refractivity contribution in [2.45, 2.75) is 84.7 Å². The second kappa shape index (κ2) is 17.2. The number of unbranched alkanes of at least 4 members (excludes halogenated alkanes) is 7. The van der Waals surface area contributed by atoms with Crippen LogP contribution >= 0.6 is 11.6 Å². The fourth-order valence-corrected chi connectivity index (χ4v) is 3.77. The van der Waals surface area contributed by atoms with Crippen molar-refractivity contribution < 1.29 is 38.1 Å². The molecule has 2 rings (SSSR count). The summed E-state index contributed by atoms with van der Waals surface area (Å²) in [6.45, 7) is 6.45. The van der Waals surface area contributed by atoms with Crippen LogP contribution in [-0.4, -0.2) is 12.5 Å². The molecule has 0 spiro atoms. The van der Waals surface area contributed by atoms with E-state index in [9.17, 15) is 4.79 Å². The maximum atomic E-state index is 12.3. The summed E-state index contributed by atoms with van der Waals surface area (Å²) in [6.07, 6.45) is 14.6. The highest BCUT2D eigenvalue weighted by Crippen LogP contribution is 2.26. The maximum absolute atomic E-state index is 12.3. The Morgan fingerprint density at radius 3 is 2.41 bits per heavy atom. The van der Waals surface area contributed by atoms with Crippen LogP contribution in [0.3, 0.4) is 0 Å². The summed E-state index contributed by atoms with van der Waals surface area (Å²) in [7, 11) is 0. The van der Waals surface area contributed by atoms with E-state index in [1.54, 1.807) is 0 Å². The number of hydrogen-bond donors (Lipinski definition) is 1.